The van der Waals surface area contributed by atoms with Crippen LogP contribution < -0.4 is 15.4 Å². The lowest BCUT2D eigenvalue weighted by Crippen LogP contribution is -2.35. The first-order chi connectivity index (χ1) is 9.31. The molecule has 0 radical (unpaired) electrons. The number of hydrogen-bond acceptors (Lipinski definition) is 6. The summed E-state index contributed by atoms with van der Waals surface area (Å²) in [5, 5.41) is 15.5. The number of nitrogens with zero attached hydrogens (tertiary/aromatic N) is 1. The van der Waals surface area contributed by atoms with E-state index in [0.717, 1.165) is 18.2 Å². The van der Waals surface area contributed by atoms with Crippen LogP contribution in [0.3, 0.4) is 0 Å². The zero-order valence-electron chi connectivity index (χ0n) is 10.8. The normalized spacial score (nSPS) is 10.9. The van der Waals surface area contributed by atoms with E-state index in [0.29, 0.717) is 0 Å². The van der Waals surface area contributed by atoms with Gasteiger partial charge in [0.15, 0.2) is 0 Å². The highest BCUT2D eigenvalue weighted by atomic mass is 32.2. The van der Waals surface area contributed by atoms with E-state index >= 15 is 0 Å². The number of anilines is 1. The largest absolute Gasteiger partial charge is 0.387 e. The van der Waals surface area contributed by atoms with Crippen molar-refractivity contribution in [3.63, 3.8) is 0 Å². The van der Waals surface area contributed by atoms with Gasteiger partial charge in [-0.25, -0.2) is 13.1 Å². The van der Waals surface area contributed by atoms with Crippen LogP contribution in [-0.2, 0) is 14.8 Å². The molecule has 0 aliphatic rings. The topological polar surface area (TPSA) is 130 Å². The Morgan fingerprint density at radius 2 is 2.00 bits per heavy atom. The van der Waals surface area contributed by atoms with Gasteiger partial charge in [-0.1, -0.05) is 0 Å². The molecule has 0 heterocycles. The van der Waals surface area contributed by atoms with E-state index in [1.165, 1.54) is 14.1 Å². The predicted octanol–water partition coefficient (Wildman–Crippen LogP) is -0.339. The van der Waals surface area contributed by atoms with Gasteiger partial charge in [-0.05, 0) is 6.07 Å². The van der Waals surface area contributed by atoms with Gasteiger partial charge in [-0.2, -0.15) is 0 Å². The van der Waals surface area contributed by atoms with Gasteiger partial charge in [0.2, 0.25) is 15.9 Å². The van der Waals surface area contributed by atoms with Crippen LogP contribution in [0.5, 0.6) is 0 Å². The maximum atomic E-state index is 12.0. The summed E-state index contributed by atoms with van der Waals surface area (Å²) in [6, 6.07) is 3.29. The molecule has 3 N–H and O–H groups in total. The second-order valence-electron chi connectivity index (χ2n) is 3.69. The Morgan fingerprint density at radius 3 is 2.50 bits per heavy atom. The number of rotatable bonds is 6. The molecule has 0 unspecified atom stereocenters. The van der Waals surface area contributed by atoms with Crippen LogP contribution in [0.15, 0.2) is 23.1 Å². The van der Waals surface area contributed by atoms with Crippen LogP contribution in [0.2, 0.25) is 0 Å². The first-order valence-electron chi connectivity index (χ1n) is 5.48. The van der Waals surface area contributed by atoms with E-state index < -0.39 is 27.4 Å². The minimum Gasteiger partial charge on any atom is -0.387 e. The second kappa shape index (κ2) is 6.30. The maximum Gasteiger partial charge on any atom is 0.271 e. The molecule has 1 amide bonds. The summed E-state index contributed by atoms with van der Waals surface area (Å²) in [5.74, 6) is -0.499. The SMILES string of the molecule is CNC(=O)CNS(=O)(=O)c1ccc([N+](=O)[O-])cc1NC. The van der Waals surface area contributed by atoms with Gasteiger partial charge in [0.05, 0.1) is 17.2 Å². The highest BCUT2D eigenvalue weighted by molar-refractivity contribution is 7.89. The molecule has 1 aromatic carbocycles. The minimum atomic E-state index is -3.95. The minimum absolute atomic E-state index is 0.0728. The molecule has 0 atom stereocenters. The number of sulfonamides is 1. The van der Waals surface area contributed by atoms with Crippen LogP contribution in [0.4, 0.5) is 11.4 Å². The molecular formula is C10H14N4O5S. The highest BCUT2D eigenvalue weighted by Gasteiger charge is 2.21. The third-order valence-electron chi connectivity index (χ3n) is 2.43. The van der Waals surface area contributed by atoms with Gasteiger partial charge in [0.1, 0.15) is 4.90 Å². The Morgan fingerprint density at radius 1 is 1.35 bits per heavy atom. The fourth-order valence-electron chi connectivity index (χ4n) is 1.39. The van der Waals surface area contributed by atoms with E-state index in [4.69, 9.17) is 0 Å². The molecule has 0 aliphatic heterocycles. The molecule has 1 rings (SSSR count). The molecule has 0 aliphatic carbocycles. The van der Waals surface area contributed by atoms with Crippen molar-refractivity contribution in [2.24, 2.45) is 0 Å². The maximum absolute atomic E-state index is 12.0. The van der Waals surface area contributed by atoms with Gasteiger partial charge >= 0.3 is 0 Å². The van der Waals surface area contributed by atoms with E-state index in [1.807, 2.05) is 0 Å². The van der Waals surface area contributed by atoms with Crippen molar-refractivity contribution in [3.8, 4) is 0 Å². The number of benzene rings is 1. The number of carbonyl (C=O) groups is 1. The molecule has 110 valence electrons. The van der Waals surface area contributed by atoms with Gasteiger partial charge < -0.3 is 10.6 Å². The van der Waals surface area contributed by atoms with Crippen LogP contribution in [0, 0.1) is 10.1 Å². The number of non-ortho nitro benzene ring substituents is 1. The molecule has 10 heteroatoms. The number of likely N-dealkylation sites (N-methyl/N-ethyl adjacent to an activating group) is 1. The number of nitrogens with one attached hydrogen (secondary N) is 3. The summed E-state index contributed by atoms with van der Waals surface area (Å²) in [6.45, 7) is -0.418. The lowest BCUT2D eigenvalue weighted by atomic mass is 10.3. The second-order valence-corrected chi connectivity index (χ2v) is 5.42. The Kier molecular flexibility index (Phi) is 5.00. The molecule has 0 aromatic heterocycles. The van der Waals surface area contributed by atoms with Crippen molar-refractivity contribution in [3.05, 3.63) is 28.3 Å². The number of nitro groups is 1. The van der Waals surface area contributed by atoms with E-state index in [2.05, 4.69) is 15.4 Å². The standard InChI is InChI=1S/C10H14N4O5S/c1-11-8-5-7(14(16)17)3-4-9(8)20(18,19)13-6-10(15)12-2/h3-5,11,13H,6H2,1-2H3,(H,12,15). The third kappa shape index (κ3) is 3.65. The van der Waals surface area contributed by atoms with Crippen molar-refractivity contribution in [1.82, 2.24) is 10.0 Å². The third-order valence-corrected chi connectivity index (χ3v) is 3.89. The van der Waals surface area contributed by atoms with E-state index in [-0.39, 0.29) is 16.3 Å². The summed E-state index contributed by atoms with van der Waals surface area (Å²) in [4.78, 5) is 20.9. The fourth-order valence-corrected chi connectivity index (χ4v) is 2.56. The number of carbonyl (C=O) groups excluding carboxylic acids is 1. The number of nitro benzene ring substituents is 1. The van der Waals surface area contributed by atoms with E-state index in [9.17, 15) is 23.3 Å². The average Bonchev–Trinajstić information content (AvgIpc) is 2.43. The quantitative estimate of drug-likeness (QED) is 0.487. The first kappa shape index (κ1) is 15.9. The summed E-state index contributed by atoms with van der Waals surface area (Å²) in [7, 11) is -1.13. The zero-order chi connectivity index (χ0) is 15.3. The van der Waals surface area contributed by atoms with Crippen LogP contribution >= 0.6 is 0 Å². The molecule has 1 aromatic rings. The lowest BCUT2D eigenvalue weighted by molar-refractivity contribution is -0.384. The van der Waals surface area contributed by atoms with Gasteiger partial charge in [-0.15, -0.1) is 0 Å². The Balaban J connectivity index is 3.11. The van der Waals surface area contributed by atoms with Crippen molar-refractivity contribution in [1.29, 1.82) is 0 Å². The molecule has 0 bridgehead atoms. The molecule has 0 saturated carbocycles. The molecule has 9 nitrogen and oxygen atoms in total. The molecule has 0 fully saturated rings. The smallest absolute Gasteiger partial charge is 0.271 e. The highest BCUT2D eigenvalue weighted by Crippen LogP contribution is 2.25. The summed E-state index contributed by atoms with van der Waals surface area (Å²) in [5.41, 5.74) is -0.164. The summed E-state index contributed by atoms with van der Waals surface area (Å²) < 4.78 is 26.1. The van der Waals surface area contributed by atoms with Crippen LogP contribution in [0.1, 0.15) is 0 Å². The van der Waals surface area contributed by atoms with E-state index in [1.54, 1.807) is 0 Å². The van der Waals surface area contributed by atoms with Crippen LogP contribution in [0.25, 0.3) is 0 Å². The summed E-state index contributed by atoms with van der Waals surface area (Å²) >= 11 is 0. The van der Waals surface area contributed by atoms with Crippen molar-refractivity contribution < 1.29 is 18.1 Å². The molecular weight excluding hydrogens is 288 g/mol. The first-order valence-corrected chi connectivity index (χ1v) is 6.96. The van der Waals surface area contributed by atoms with Crippen molar-refractivity contribution in [2.45, 2.75) is 4.90 Å². The average molecular weight is 302 g/mol. The van der Waals surface area contributed by atoms with Gasteiger partial charge in [0.25, 0.3) is 5.69 Å². The van der Waals surface area contributed by atoms with Crippen molar-refractivity contribution >= 4 is 27.3 Å². The van der Waals surface area contributed by atoms with Crippen molar-refractivity contribution in [2.75, 3.05) is 26.0 Å². The van der Waals surface area contributed by atoms with Gasteiger partial charge in [0, 0.05) is 26.2 Å². The lowest BCUT2D eigenvalue weighted by Gasteiger charge is -2.10. The van der Waals surface area contributed by atoms with Gasteiger partial charge in [-0.3, -0.25) is 14.9 Å². The Labute approximate surface area is 115 Å². The monoisotopic (exact) mass is 302 g/mol. The Hall–Kier alpha value is -2.20. The zero-order valence-corrected chi connectivity index (χ0v) is 11.7. The number of amides is 1. The number of hydrogen-bond donors (Lipinski definition) is 3. The molecule has 20 heavy (non-hydrogen) atoms. The molecule has 0 saturated heterocycles. The predicted molar refractivity (Wildman–Crippen MR) is 71.9 cm³/mol. The van der Waals surface area contributed by atoms with Crippen LogP contribution in [-0.4, -0.2) is 39.9 Å². The Bertz CT molecular complexity index is 629. The fraction of sp³-hybridized carbons (Fsp3) is 0.300. The summed E-state index contributed by atoms with van der Waals surface area (Å²) in [6.07, 6.45) is 0. The molecule has 0 spiro atoms.